The number of unbranched alkanes of at least 4 members (excludes halogenated alkanes) is 28. The summed E-state index contributed by atoms with van der Waals surface area (Å²) in [6.45, 7) is 4.54. The fourth-order valence-corrected chi connectivity index (χ4v) is 5.30. The van der Waals surface area contributed by atoms with Crippen molar-refractivity contribution in [2.45, 2.75) is 219 Å². The molecular formula is C36H76CaMgO4. The van der Waals surface area contributed by atoms with Crippen molar-refractivity contribution < 1.29 is 19.8 Å². The second kappa shape index (κ2) is 46.4. The van der Waals surface area contributed by atoms with Crippen LogP contribution in [0.2, 0.25) is 0 Å². The van der Waals surface area contributed by atoms with Crippen LogP contribution in [0.5, 0.6) is 0 Å². The van der Waals surface area contributed by atoms with Crippen molar-refractivity contribution in [3.05, 3.63) is 0 Å². The van der Waals surface area contributed by atoms with Crippen LogP contribution in [0.25, 0.3) is 0 Å². The van der Waals surface area contributed by atoms with Gasteiger partial charge >= 0.3 is 72.7 Å². The summed E-state index contributed by atoms with van der Waals surface area (Å²) in [5, 5.41) is 17.0. The van der Waals surface area contributed by atoms with Gasteiger partial charge in [-0.1, -0.05) is 194 Å². The SMILES string of the molecule is CCCCCCCCCCCCCCCCCC(=O)O.CCCCCCCCCCCCCCCCCC(=O)O.[CaH2].[MgH2]. The minimum Gasteiger partial charge on any atom is 0.316 e. The van der Waals surface area contributed by atoms with Crippen molar-refractivity contribution in [2.24, 2.45) is 0 Å². The number of aliphatic carboxylic acids is 2. The number of hydrogen-bond acceptors (Lipinski definition) is 2. The molecule has 0 aliphatic rings. The van der Waals surface area contributed by atoms with E-state index in [0.717, 1.165) is 25.7 Å². The van der Waals surface area contributed by atoms with Crippen LogP contribution < -0.4 is 0 Å². The summed E-state index contributed by atoms with van der Waals surface area (Å²) in [5.41, 5.74) is 0. The van der Waals surface area contributed by atoms with Crippen LogP contribution in [0, 0.1) is 0 Å². The summed E-state index contributed by atoms with van der Waals surface area (Å²) in [5.74, 6) is -1.31. The molecule has 0 aromatic heterocycles. The Hall–Kier alpha value is 0.966. The van der Waals surface area contributed by atoms with Gasteiger partial charge in [-0.15, -0.1) is 0 Å². The van der Waals surface area contributed by atoms with Gasteiger partial charge in [-0.25, -0.2) is 0 Å². The molecule has 0 saturated carbocycles. The summed E-state index contributed by atoms with van der Waals surface area (Å²) in [6, 6.07) is 0. The van der Waals surface area contributed by atoms with Gasteiger partial charge in [0.25, 0.3) is 0 Å². The van der Waals surface area contributed by atoms with Gasteiger partial charge in [0.15, 0.2) is 0 Å². The molecule has 0 heterocycles. The Kier molecular flexibility index (Phi) is 55.0. The van der Waals surface area contributed by atoms with Crippen molar-refractivity contribution in [1.82, 2.24) is 0 Å². The van der Waals surface area contributed by atoms with Gasteiger partial charge in [-0.05, 0) is 12.8 Å². The first-order chi connectivity index (χ1) is 19.5. The molecule has 0 aromatic rings. The quantitative estimate of drug-likeness (QED) is 0.0569. The van der Waals surface area contributed by atoms with Crippen LogP contribution in [0.1, 0.15) is 219 Å². The molecule has 4 nitrogen and oxygen atoms in total. The molecule has 0 aliphatic heterocycles. The van der Waals surface area contributed by atoms with Crippen LogP contribution >= 0.6 is 0 Å². The van der Waals surface area contributed by atoms with Gasteiger partial charge in [0.1, 0.15) is 0 Å². The Morgan fingerprint density at radius 1 is 0.333 bits per heavy atom. The van der Waals surface area contributed by atoms with Crippen molar-refractivity contribution in [3.8, 4) is 0 Å². The monoisotopic (exact) mass is 637 g/mol. The summed E-state index contributed by atoms with van der Waals surface area (Å²) in [7, 11) is 0. The van der Waals surface area contributed by atoms with Crippen LogP contribution in [-0.2, 0) is 9.59 Å². The van der Waals surface area contributed by atoms with E-state index in [4.69, 9.17) is 10.2 Å². The minimum atomic E-state index is -0.653. The molecule has 0 aliphatic carbocycles. The average molecular weight is 637 g/mol. The summed E-state index contributed by atoms with van der Waals surface area (Å²) >= 11 is 0. The summed E-state index contributed by atoms with van der Waals surface area (Å²) in [4.78, 5) is 20.7. The molecule has 248 valence electrons. The molecule has 0 radical (unpaired) electrons. The summed E-state index contributed by atoms with van der Waals surface area (Å²) in [6.07, 6.45) is 40.4. The van der Waals surface area contributed by atoms with E-state index >= 15 is 0 Å². The van der Waals surface area contributed by atoms with Crippen molar-refractivity contribution in [1.29, 1.82) is 0 Å². The molecule has 2 N–H and O–H groups in total. The molecule has 6 heteroatoms. The Labute approximate surface area is 309 Å². The maximum atomic E-state index is 10.3. The standard InChI is InChI=1S/2C18H36O2.Ca.Mg.4H/c2*1-2-3-4-5-6-7-8-9-10-11-12-13-14-15-16-17-18(19)20;;;;;;/h2*2-17H2,1H3,(H,19,20);;;;;;. The molecule has 0 unspecified atom stereocenters. The third-order valence-corrected chi connectivity index (χ3v) is 7.99. The van der Waals surface area contributed by atoms with E-state index in [-0.39, 0.29) is 60.8 Å². The molecule has 0 atom stereocenters. The van der Waals surface area contributed by atoms with Crippen molar-refractivity contribution in [2.75, 3.05) is 0 Å². The number of rotatable bonds is 32. The predicted octanol–water partition coefficient (Wildman–Crippen LogP) is 10.8. The number of carboxylic acid groups (broad SMARTS) is 2. The van der Waals surface area contributed by atoms with Crippen molar-refractivity contribution >= 4 is 72.7 Å². The zero-order valence-electron chi connectivity index (χ0n) is 27.3. The zero-order chi connectivity index (χ0) is 29.8. The van der Waals surface area contributed by atoms with Gasteiger partial charge in [0.2, 0.25) is 0 Å². The Morgan fingerprint density at radius 2 is 0.476 bits per heavy atom. The van der Waals surface area contributed by atoms with Crippen LogP contribution in [-0.4, -0.2) is 82.9 Å². The first-order valence-corrected chi connectivity index (χ1v) is 18.0. The molecule has 0 spiro atoms. The molecule has 0 rings (SSSR count). The van der Waals surface area contributed by atoms with E-state index in [9.17, 15) is 9.59 Å². The van der Waals surface area contributed by atoms with Crippen LogP contribution in [0.15, 0.2) is 0 Å². The number of carboxylic acids is 2. The second-order valence-electron chi connectivity index (χ2n) is 12.2. The van der Waals surface area contributed by atoms with Crippen molar-refractivity contribution in [3.63, 3.8) is 0 Å². The number of carbonyl (C=O) groups is 2. The van der Waals surface area contributed by atoms with E-state index in [2.05, 4.69) is 13.8 Å². The molecular weight excluding hydrogens is 561 g/mol. The number of hydrogen-bond donors (Lipinski definition) is 2. The second-order valence-corrected chi connectivity index (χ2v) is 12.2. The van der Waals surface area contributed by atoms with Gasteiger partial charge in [-0.2, -0.15) is 0 Å². The topological polar surface area (TPSA) is 74.6 Å². The molecule has 0 bridgehead atoms. The average Bonchev–Trinajstić information content (AvgIpc) is 2.93. The third kappa shape index (κ3) is 53.5. The predicted molar refractivity (Wildman–Crippen MR) is 191 cm³/mol. The summed E-state index contributed by atoms with van der Waals surface area (Å²) < 4.78 is 0. The van der Waals surface area contributed by atoms with E-state index in [1.54, 1.807) is 0 Å². The normalized spacial score (nSPS) is 10.3. The van der Waals surface area contributed by atoms with Crippen LogP contribution in [0.3, 0.4) is 0 Å². The zero-order valence-corrected chi connectivity index (χ0v) is 27.3. The fourth-order valence-electron chi connectivity index (χ4n) is 5.30. The van der Waals surface area contributed by atoms with Gasteiger partial charge in [-0.3, -0.25) is 9.59 Å². The smallest absolute Gasteiger partial charge is 0.316 e. The Bertz CT molecular complexity index is 461. The third-order valence-electron chi connectivity index (χ3n) is 7.99. The fraction of sp³-hybridized carbons (Fsp3) is 0.944. The van der Waals surface area contributed by atoms with Gasteiger partial charge in [0.05, 0.1) is 0 Å². The molecule has 0 saturated heterocycles. The Morgan fingerprint density at radius 3 is 0.619 bits per heavy atom. The largest absolute Gasteiger partial charge is 0.316 e. The van der Waals surface area contributed by atoms with Gasteiger partial charge < -0.3 is 10.2 Å². The maximum Gasteiger partial charge on any atom is 0.316 e. The first kappa shape index (κ1) is 49.8. The minimum absolute atomic E-state index is 0. The maximum absolute atomic E-state index is 10.3. The van der Waals surface area contributed by atoms with Gasteiger partial charge in [0, 0.05) is 12.8 Å². The first-order valence-electron chi connectivity index (χ1n) is 18.0. The Balaban J connectivity index is -0.000000328. The molecule has 0 fully saturated rings. The van der Waals surface area contributed by atoms with E-state index < -0.39 is 11.9 Å². The van der Waals surface area contributed by atoms with E-state index in [0.29, 0.717) is 12.8 Å². The molecule has 42 heavy (non-hydrogen) atoms. The van der Waals surface area contributed by atoms with E-state index in [1.165, 1.54) is 167 Å². The molecule has 0 aromatic carbocycles. The molecule has 0 amide bonds. The van der Waals surface area contributed by atoms with Crippen LogP contribution in [0.4, 0.5) is 0 Å². The van der Waals surface area contributed by atoms with E-state index in [1.807, 2.05) is 0 Å².